The summed E-state index contributed by atoms with van der Waals surface area (Å²) in [7, 11) is 1.64. The van der Waals surface area contributed by atoms with Gasteiger partial charge in [-0.2, -0.15) is 0 Å². The molecule has 2 heterocycles. The monoisotopic (exact) mass is 493 g/mol. The number of nitrogens with zero attached hydrogens (tertiary/aromatic N) is 2. The summed E-state index contributed by atoms with van der Waals surface area (Å²) in [5.41, 5.74) is 2.26. The van der Waals surface area contributed by atoms with Gasteiger partial charge in [0, 0.05) is 6.54 Å². The molecule has 178 valence electrons. The summed E-state index contributed by atoms with van der Waals surface area (Å²) in [6, 6.07) is 10.8. The molecule has 33 heavy (non-hydrogen) atoms. The van der Waals surface area contributed by atoms with Crippen LogP contribution in [-0.2, 0) is 0 Å². The summed E-state index contributed by atoms with van der Waals surface area (Å²) < 4.78 is 11.5. The van der Waals surface area contributed by atoms with Crippen LogP contribution in [0.2, 0.25) is 0 Å². The maximum atomic E-state index is 11.4. The first-order chi connectivity index (χ1) is 15.1. The Hall–Kier alpha value is -2.74. The van der Waals surface area contributed by atoms with E-state index in [4.69, 9.17) is 9.47 Å². The number of hydrogen-bond acceptors (Lipinski definition) is 5. The fourth-order valence-corrected chi connectivity index (χ4v) is 3.86. The number of aromatic nitrogens is 2. The molecule has 1 saturated heterocycles. The van der Waals surface area contributed by atoms with E-state index in [9.17, 15) is 9.90 Å². The number of methoxy groups -OCH3 is 1. The van der Waals surface area contributed by atoms with Crippen molar-refractivity contribution in [3.05, 3.63) is 53.3 Å². The minimum absolute atomic E-state index is 0. The lowest BCUT2D eigenvalue weighted by Crippen LogP contribution is -2.33. The smallest absolute Gasteiger partial charge is 0.337 e. The van der Waals surface area contributed by atoms with Crippen LogP contribution in [0.1, 0.15) is 41.0 Å². The molecule has 0 unspecified atom stereocenters. The highest BCUT2D eigenvalue weighted by Crippen LogP contribution is 2.29. The number of hydrogen-bond donors (Lipinski definition) is 2. The van der Waals surface area contributed by atoms with Crippen molar-refractivity contribution in [1.29, 1.82) is 0 Å². The van der Waals surface area contributed by atoms with Gasteiger partial charge in [0.2, 0.25) is 0 Å². The van der Waals surface area contributed by atoms with Crippen LogP contribution in [-0.4, -0.2) is 59.3 Å². The number of carboxylic acids is 1. The van der Waals surface area contributed by atoms with E-state index >= 15 is 0 Å². The lowest BCUT2D eigenvalue weighted by atomic mass is 10.1. The fourth-order valence-electron chi connectivity index (χ4n) is 3.86. The molecule has 0 radical (unpaired) electrons. The number of imidazole rings is 1. The average Bonchev–Trinajstić information content (AvgIpc) is 3.21. The Morgan fingerprint density at radius 1 is 1.12 bits per heavy atom. The van der Waals surface area contributed by atoms with Crippen LogP contribution < -0.4 is 9.47 Å². The maximum Gasteiger partial charge on any atom is 0.337 e. The number of aromatic carboxylic acids is 1. The van der Waals surface area contributed by atoms with Crippen LogP contribution in [0.3, 0.4) is 0 Å². The van der Waals surface area contributed by atoms with E-state index in [2.05, 4.69) is 14.9 Å². The first-order valence-electron chi connectivity index (χ1n) is 10.6. The Bertz CT molecular complexity index is 1090. The van der Waals surface area contributed by atoms with Crippen LogP contribution in [0.5, 0.6) is 11.5 Å². The van der Waals surface area contributed by atoms with E-state index < -0.39 is 5.97 Å². The third-order valence-corrected chi connectivity index (χ3v) is 5.50. The van der Waals surface area contributed by atoms with E-state index in [-0.39, 0.29) is 30.4 Å². The van der Waals surface area contributed by atoms with Crippen molar-refractivity contribution in [1.82, 2.24) is 14.9 Å². The van der Waals surface area contributed by atoms with E-state index in [1.54, 1.807) is 19.2 Å². The number of para-hydroxylation sites is 1. The van der Waals surface area contributed by atoms with Crippen LogP contribution in [0.15, 0.2) is 36.4 Å². The predicted molar refractivity (Wildman–Crippen MR) is 135 cm³/mol. The molecule has 1 fully saturated rings. The topological polar surface area (TPSA) is 87.7 Å². The lowest BCUT2D eigenvalue weighted by Gasteiger charge is -2.26. The number of fused-ring (bicyclic) bond motifs is 1. The Morgan fingerprint density at radius 2 is 1.91 bits per heavy atom. The number of rotatable bonds is 8. The number of likely N-dealkylation sites (tertiary alicyclic amines) is 1. The third kappa shape index (κ3) is 6.63. The first-order valence-corrected chi connectivity index (χ1v) is 10.6. The van der Waals surface area contributed by atoms with Crippen LogP contribution >= 0.6 is 24.8 Å². The molecule has 3 aromatic rings. The molecule has 1 aliphatic heterocycles. The summed E-state index contributed by atoms with van der Waals surface area (Å²) in [6.45, 7) is 3.81. The van der Waals surface area contributed by atoms with Crippen molar-refractivity contribution in [2.45, 2.75) is 19.3 Å². The SMILES string of the molecule is COc1ccc(C=Cc2nc3c(C(=O)O)cccc3[nH]2)cc1OCCN1CCCCC1.Cl.Cl. The number of carboxylic acid groups (broad SMARTS) is 1. The highest BCUT2D eigenvalue weighted by Gasteiger charge is 2.12. The molecule has 4 rings (SSSR count). The molecule has 2 aromatic carbocycles. The molecule has 9 heteroatoms. The van der Waals surface area contributed by atoms with Gasteiger partial charge in [-0.1, -0.05) is 24.6 Å². The molecular weight excluding hydrogens is 465 g/mol. The molecule has 0 amide bonds. The number of nitrogens with one attached hydrogen (secondary N) is 1. The number of carbonyl (C=O) groups is 1. The van der Waals surface area contributed by atoms with E-state index in [0.29, 0.717) is 35.0 Å². The Kier molecular flexibility index (Phi) is 10.0. The summed E-state index contributed by atoms with van der Waals surface area (Å²) in [4.78, 5) is 21.4. The molecule has 0 bridgehead atoms. The number of aromatic amines is 1. The maximum absolute atomic E-state index is 11.4. The number of piperidine rings is 1. The van der Waals surface area contributed by atoms with Gasteiger partial charge in [0.25, 0.3) is 0 Å². The number of ether oxygens (including phenoxy) is 2. The van der Waals surface area contributed by atoms with E-state index in [1.165, 1.54) is 19.3 Å². The molecule has 2 N–H and O–H groups in total. The van der Waals surface area contributed by atoms with Gasteiger partial charge >= 0.3 is 5.97 Å². The van der Waals surface area contributed by atoms with E-state index in [0.717, 1.165) is 25.2 Å². The summed E-state index contributed by atoms with van der Waals surface area (Å²) in [6.07, 6.45) is 7.58. The van der Waals surface area contributed by atoms with Crippen molar-refractivity contribution in [2.75, 3.05) is 33.4 Å². The van der Waals surface area contributed by atoms with Gasteiger partial charge in [0.1, 0.15) is 17.9 Å². The summed E-state index contributed by atoms with van der Waals surface area (Å²) in [5.74, 6) is 1.01. The van der Waals surface area contributed by atoms with Gasteiger partial charge in [-0.25, -0.2) is 9.78 Å². The molecular formula is C24H29Cl2N3O4. The molecule has 1 aliphatic rings. The normalized spacial score (nSPS) is 14.0. The number of benzene rings is 2. The van der Waals surface area contributed by atoms with Gasteiger partial charge in [-0.05, 0) is 61.8 Å². The zero-order chi connectivity index (χ0) is 21.6. The standard InChI is InChI=1S/C24H27N3O4.2ClH/c1-30-20-10-8-17(16-21(20)31-15-14-27-12-3-2-4-13-27)9-11-22-25-19-7-5-6-18(24(28)29)23(19)26-22;;/h5-11,16H,2-4,12-15H2,1H3,(H,25,26)(H,28,29);2*1H. The molecule has 0 aliphatic carbocycles. The van der Waals surface area contributed by atoms with E-state index in [1.807, 2.05) is 36.4 Å². The average molecular weight is 494 g/mol. The van der Waals surface area contributed by atoms with Gasteiger partial charge in [0.15, 0.2) is 11.5 Å². The van der Waals surface area contributed by atoms with Crippen LogP contribution in [0.25, 0.3) is 23.2 Å². The van der Waals surface area contributed by atoms with Crippen molar-refractivity contribution in [3.8, 4) is 11.5 Å². The molecule has 0 saturated carbocycles. The second-order valence-corrected chi connectivity index (χ2v) is 7.62. The minimum atomic E-state index is -0.992. The zero-order valence-electron chi connectivity index (χ0n) is 18.5. The molecule has 7 nitrogen and oxygen atoms in total. The molecule has 0 atom stereocenters. The Labute approximate surface area is 205 Å². The zero-order valence-corrected chi connectivity index (χ0v) is 20.1. The van der Waals surface area contributed by atoms with Crippen LogP contribution in [0.4, 0.5) is 0 Å². The van der Waals surface area contributed by atoms with Crippen LogP contribution in [0, 0.1) is 0 Å². The number of H-pyrrole nitrogens is 1. The quantitative estimate of drug-likeness (QED) is 0.451. The van der Waals surface area contributed by atoms with Gasteiger partial charge < -0.3 is 19.6 Å². The fraction of sp³-hybridized carbons (Fsp3) is 0.333. The van der Waals surface area contributed by atoms with Gasteiger partial charge in [-0.15, -0.1) is 24.8 Å². The minimum Gasteiger partial charge on any atom is -0.493 e. The number of halogens is 2. The Balaban J connectivity index is 0.00000193. The van der Waals surface area contributed by atoms with Crippen molar-refractivity contribution in [3.63, 3.8) is 0 Å². The lowest BCUT2D eigenvalue weighted by molar-refractivity contribution is 0.0699. The van der Waals surface area contributed by atoms with Crippen molar-refractivity contribution >= 4 is 54.0 Å². The molecule has 0 spiro atoms. The second-order valence-electron chi connectivity index (χ2n) is 7.62. The third-order valence-electron chi connectivity index (χ3n) is 5.50. The highest BCUT2D eigenvalue weighted by molar-refractivity contribution is 6.01. The summed E-state index contributed by atoms with van der Waals surface area (Å²) in [5, 5.41) is 9.33. The molecule has 1 aromatic heterocycles. The Morgan fingerprint density at radius 3 is 2.64 bits per heavy atom. The van der Waals surface area contributed by atoms with Gasteiger partial charge in [0.05, 0.1) is 18.2 Å². The summed E-state index contributed by atoms with van der Waals surface area (Å²) >= 11 is 0. The second kappa shape index (κ2) is 12.5. The highest BCUT2D eigenvalue weighted by atomic mass is 35.5. The van der Waals surface area contributed by atoms with Gasteiger partial charge in [-0.3, -0.25) is 4.90 Å². The first kappa shape index (κ1) is 26.5. The van der Waals surface area contributed by atoms with Crippen molar-refractivity contribution < 1.29 is 19.4 Å². The van der Waals surface area contributed by atoms with Crippen molar-refractivity contribution in [2.24, 2.45) is 0 Å². The largest absolute Gasteiger partial charge is 0.493 e. The predicted octanol–water partition coefficient (Wildman–Crippen LogP) is 5.15.